The van der Waals surface area contributed by atoms with Crippen LogP contribution < -0.4 is 4.74 Å². The van der Waals surface area contributed by atoms with Crippen LogP contribution in [0, 0.1) is 5.82 Å². The lowest BCUT2D eigenvalue weighted by molar-refractivity contribution is -0.137. The number of methoxy groups -OCH3 is 1. The second-order valence-corrected chi connectivity index (χ2v) is 5.31. The van der Waals surface area contributed by atoms with Crippen molar-refractivity contribution in [2.24, 2.45) is 0 Å². The first kappa shape index (κ1) is 13.1. The van der Waals surface area contributed by atoms with E-state index in [0.29, 0.717) is 18.4 Å². The molecule has 1 fully saturated rings. The number of rotatable bonds is 4. The molecule has 0 heterocycles. The fourth-order valence-corrected chi connectivity index (χ4v) is 2.57. The second-order valence-electron chi connectivity index (χ2n) is 4.45. The molecule has 0 amide bonds. The molecule has 1 aromatic rings. The number of aromatic hydroxyl groups is 1. The molecule has 0 unspecified atom stereocenters. The maximum absolute atomic E-state index is 13.7. The average molecular weight is 319 g/mol. The number of benzene rings is 1. The van der Waals surface area contributed by atoms with Gasteiger partial charge in [0.25, 0.3) is 0 Å². The molecule has 4 nitrogen and oxygen atoms in total. The maximum Gasteiger partial charge on any atom is 0.304 e. The minimum absolute atomic E-state index is 0.0816. The van der Waals surface area contributed by atoms with Crippen LogP contribution in [0.2, 0.25) is 0 Å². The van der Waals surface area contributed by atoms with E-state index in [1.807, 2.05) is 0 Å². The van der Waals surface area contributed by atoms with Gasteiger partial charge in [0.2, 0.25) is 0 Å². The van der Waals surface area contributed by atoms with Crippen molar-refractivity contribution in [3.05, 3.63) is 21.9 Å². The van der Waals surface area contributed by atoms with Crippen molar-refractivity contribution >= 4 is 21.9 Å². The van der Waals surface area contributed by atoms with Crippen molar-refractivity contribution < 1.29 is 24.1 Å². The van der Waals surface area contributed by atoms with Gasteiger partial charge in [-0.25, -0.2) is 4.39 Å². The lowest BCUT2D eigenvalue weighted by atomic mass is 9.91. The third kappa shape index (κ3) is 2.05. The van der Waals surface area contributed by atoms with E-state index in [1.54, 1.807) is 0 Å². The van der Waals surface area contributed by atoms with Gasteiger partial charge in [0.1, 0.15) is 0 Å². The van der Waals surface area contributed by atoms with Crippen LogP contribution >= 0.6 is 15.9 Å². The Kier molecular flexibility index (Phi) is 3.23. The Hall–Kier alpha value is -1.30. The maximum atomic E-state index is 13.7. The van der Waals surface area contributed by atoms with Gasteiger partial charge in [0, 0.05) is 11.0 Å². The van der Waals surface area contributed by atoms with E-state index in [4.69, 9.17) is 9.84 Å². The van der Waals surface area contributed by atoms with Crippen molar-refractivity contribution in [1.82, 2.24) is 0 Å². The highest BCUT2D eigenvalue weighted by molar-refractivity contribution is 9.10. The molecule has 0 saturated heterocycles. The minimum Gasteiger partial charge on any atom is -0.504 e. The molecule has 0 aromatic heterocycles. The highest BCUT2D eigenvalue weighted by Crippen LogP contribution is 2.56. The standard InChI is InChI=1S/C12H12BrFO4/c1-18-11-9(14)7(13)4-6(10(11)17)12(2-3-12)5-8(15)16/h4,17H,2-3,5H2,1H3,(H,15,16). The number of carbonyl (C=O) groups is 1. The van der Waals surface area contributed by atoms with Crippen LogP contribution in [0.15, 0.2) is 10.5 Å². The van der Waals surface area contributed by atoms with Gasteiger partial charge in [0.05, 0.1) is 18.0 Å². The van der Waals surface area contributed by atoms with E-state index in [0.717, 1.165) is 0 Å². The van der Waals surface area contributed by atoms with Gasteiger partial charge < -0.3 is 14.9 Å². The summed E-state index contributed by atoms with van der Waals surface area (Å²) in [4.78, 5) is 10.8. The van der Waals surface area contributed by atoms with Crippen LogP contribution in [-0.4, -0.2) is 23.3 Å². The highest BCUT2D eigenvalue weighted by atomic mass is 79.9. The molecule has 0 aliphatic heterocycles. The Morgan fingerprint density at radius 3 is 2.67 bits per heavy atom. The van der Waals surface area contributed by atoms with Gasteiger partial charge in [-0.2, -0.15) is 0 Å². The Labute approximate surface area is 112 Å². The largest absolute Gasteiger partial charge is 0.504 e. The van der Waals surface area contributed by atoms with Crippen LogP contribution in [0.1, 0.15) is 24.8 Å². The van der Waals surface area contributed by atoms with Crippen LogP contribution in [-0.2, 0) is 10.2 Å². The summed E-state index contributed by atoms with van der Waals surface area (Å²) in [6, 6.07) is 1.43. The number of halogens is 2. The van der Waals surface area contributed by atoms with E-state index in [1.165, 1.54) is 13.2 Å². The lowest BCUT2D eigenvalue weighted by Gasteiger charge is -2.18. The summed E-state index contributed by atoms with van der Waals surface area (Å²) in [6.45, 7) is 0. The molecule has 0 atom stereocenters. The minimum atomic E-state index is -0.939. The fourth-order valence-electron chi connectivity index (χ4n) is 2.17. The molecule has 2 N–H and O–H groups in total. The number of phenolic OH excluding ortho intramolecular Hbond substituents is 1. The van der Waals surface area contributed by atoms with E-state index in [9.17, 15) is 14.3 Å². The van der Waals surface area contributed by atoms with Crippen molar-refractivity contribution in [3.8, 4) is 11.5 Å². The molecule has 1 aliphatic rings. The molecule has 18 heavy (non-hydrogen) atoms. The van der Waals surface area contributed by atoms with Gasteiger partial charge in [-0.05, 0) is 34.8 Å². The van der Waals surface area contributed by atoms with Crippen molar-refractivity contribution in [3.63, 3.8) is 0 Å². The smallest absolute Gasteiger partial charge is 0.304 e. The van der Waals surface area contributed by atoms with E-state index in [-0.39, 0.29) is 22.4 Å². The zero-order valence-corrected chi connectivity index (χ0v) is 11.3. The first-order valence-electron chi connectivity index (χ1n) is 5.38. The Morgan fingerprint density at radius 1 is 1.61 bits per heavy atom. The number of hydrogen-bond acceptors (Lipinski definition) is 3. The predicted molar refractivity (Wildman–Crippen MR) is 65.5 cm³/mol. The monoisotopic (exact) mass is 318 g/mol. The summed E-state index contributed by atoms with van der Waals surface area (Å²) < 4.78 is 18.6. The van der Waals surface area contributed by atoms with Gasteiger partial charge in [-0.15, -0.1) is 0 Å². The normalized spacial score (nSPS) is 16.4. The Bertz CT molecular complexity index is 511. The predicted octanol–water partition coefficient (Wildman–Crippen LogP) is 2.81. The van der Waals surface area contributed by atoms with E-state index < -0.39 is 17.2 Å². The summed E-state index contributed by atoms with van der Waals surface area (Å²) in [5.74, 6) is -2.19. The van der Waals surface area contributed by atoms with Crippen molar-refractivity contribution in [2.75, 3.05) is 7.11 Å². The van der Waals surface area contributed by atoms with Crippen LogP contribution in [0.25, 0.3) is 0 Å². The molecule has 2 rings (SSSR count). The summed E-state index contributed by atoms with van der Waals surface area (Å²) >= 11 is 3.04. The molecule has 1 aliphatic carbocycles. The number of carboxylic acid groups (broad SMARTS) is 1. The fraction of sp³-hybridized carbons (Fsp3) is 0.417. The molecule has 0 radical (unpaired) electrons. The number of aliphatic carboxylic acids is 1. The molecule has 98 valence electrons. The number of ether oxygens (including phenoxy) is 1. The Balaban J connectivity index is 2.52. The first-order chi connectivity index (χ1) is 8.41. The van der Waals surface area contributed by atoms with Crippen molar-refractivity contribution in [2.45, 2.75) is 24.7 Å². The van der Waals surface area contributed by atoms with E-state index in [2.05, 4.69) is 15.9 Å². The summed E-state index contributed by atoms with van der Waals surface area (Å²) in [5.41, 5.74) is -0.172. The van der Waals surface area contributed by atoms with Crippen molar-refractivity contribution in [1.29, 1.82) is 0 Å². The third-order valence-electron chi connectivity index (χ3n) is 3.27. The third-order valence-corrected chi connectivity index (χ3v) is 3.85. The second kappa shape index (κ2) is 4.42. The molecule has 1 saturated carbocycles. The first-order valence-corrected chi connectivity index (χ1v) is 6.18. The number of carboxylic acids is 1. The molecule has 6 heteroatoms. The quantitative estimate of drug-likeness (QED) is 0.895. The molecular weight excluding hydrogens is 307 g/mol. The zero-order chi connectivity index (χ0) is 13.5. The summed E-state index contributed by atoms with van der Waals surface area (Å²) in [5, 5.41) is 18.9. The van der Waals surface area contributed by atoms with Crippen LogP contribution in [0.5, 0.6) is 11.5 Å². The average Bonchev–Trinajstić information content (AvgIpc) is 3.04. The van der Waals surface area contributed by atoms with Gasteiger partial charge in [0.15, 0.2) is 17.3 Å². The van der Waals surface area contributed by atoms with Crippen LogP contribution in [0.4, 0.5) is 4.39 Å². The topological polar surface area (TPSA) is 66.8 Å². The van der Waals surface area contributed by atoms with Crippen LogP contribution in [0.3, 0.4) is 0 Å². The molecule has 0 spiro atoms. The number of phenols is 1. The lowest BCUT2D eigenvalue weighted by Crippen LogP contribution is -2.14. The highest BCUT2D eigenvalue weighted by Gasteiger charge is 2.48. The Morgan fingerprint density at radius 2 is 2.22 bits per heavy atom. The van der Waals surface area contributed by atoms with Gasteiger partial charge in [-0.1, -0.05) is 0 Å². The zero-order valence-electron chi connectivity index (χ0n) is 9.67. The summed E-state index contributed by atoms with van der Waals surface area (Å²) in [7, 11) is 1.26. The molecular formula is C12H12BrFO4. The molecule has 0 bridgehead atoms. The van der Waals surface area contributed by atoms with E-state index >= 15 is 0 Å². The van der Waals surface area contributed by atoms with Gasteiger partial charge >= 0.3 is 5.97 Å². The van der Waals surface area contributed by atoms with Gasteiger partial charge in [-0.3, -0.25) is 4.79 Å². The number of hydrogen-bond donors (Lipinski definition) is 2. The summed E-state index contributed by atoms with van der Waals surface area (Å²) in [6.07, 6.45) is 1.24. The molecule has 1 aromatic carbocycles. The SMILES string of the molecule is COc1c(O)c(C2(CC(=O)O)CC2)cc(Br)c1F.